The number of aliphatic hydroxyl groups is 2. The molecule has 0 saturated heterocycles. The van der Waals surface area contributed by atoms with Crippen LogP contribution in [0.15, 0.2) is 66.7 Å². The van der Waals surface area contributed by atoms with Crippen LogP contribution in [0, 0.1) is 0 Å². The minimum absolute atomic E-state index is 0.155. The normalized spacial score (nSPS) is 14.9. The first kappa shape index (κ1) is 22.7. The van der Waals surface area contributed by atoms with Gasteiger partial charge in [0.15, 0.2) is 5.79 Å². The van der Waals surface area contributed by atoms with Gasteiger partial charge in [0, 0.05) is 25.2 Å². The van der Waals surface area contributed by atoms with E-state index in [0.717, 1.165) is 29.2 Å². The smallest absolute Gasteiger partial charge is 0.199 e. The zero-order chi connectivity index (χ0) is 22.2. The van der Waals surface area contributed by atoms with Crippen molar-refractivity contribution < 1.29 is 19.7 Å². The van der Waals surface area contributed by atoms with Crippen LogP contribution in [0.4, 0.5) is 0 Å². The number of fused-ring (bicyclic) bond motifs is 2. The summed E-state index contributed by atoms with van der Waals surface area (Å²) in [5.74, 6) is -0.913. The fourth-order valence-corrected chi connectivity index (χ4v) is 4.45. The Morgan fingerprint density at radius 3 is 2.12 bits per heavy atom. The maximum atomic E-state index is 9.22. The summed E-state index contributed by atoms with van der Waals surface area (Å²) < 4.78 is 13.1. The molecule has 1 aliphatic rings. The Balaban J connectivity index is 1.88. The average molecular weight is 433 g/mol. The Labute approximate surface area is 189 Å². The average Bonchev–Trinajstić information content (AvgIpc) is 2.84. The molecule has 0 atom stereocenters. The van der Waals surface area contributed by atoms with Crippen molar-refractivity contribution in [3.63, 3.8) is 0 Å². The number of hydrogen-bond acceptors (Lipinski definition) is 4. The first-order valence-corrected chi connectivity index (χ1v) is 11.6. The van der Waals surface area contributed by atoms with E-state index in [9.17, 15) is 10.2 Å². The molecule has 0 aromatic heterocycles. The lowest BCUT2D eigenvalue weighted by Gasteiger charge is -2.38. The first-order chi connectivity index (χ1) is 15.8. The molecule has 0 heterocycles. The van der Waals surface area contributed by atoms with E-state index in [-0.39, 0.29) is 13.2 Å². The third-order valence-corrected chi connectivity index (χ3v) is 6.04. The van der Waals surface area contributed by atoms with E-state index in [4.69, 9.17) is 9.47 Å². The van der Waals surface area contributed by atoms with Crippen molar-refractivity contribution in [3.05, 3.63) is 82.7 Å². The Morgan fingerprint density at radius 1 is 0.719 bits per heavy atom. The third kappa shape index (κ3) is 4.79. The monoisotopic (exact) mass is 432 g/mol. The summed E-state index contributed by atoms with van der Waals surface area (Å²) >= 11 is 0. The number of ether oxygens (including phenoxy) is 2. The lowest BCUT2D eigenvalue weighted by atomic mass is 9.85. The molecule has 3 aromatic rings. The number of aliphatic hydroxyl groups excluding tert-OH is 2. The molecule has 168 valence electrons. The van der Waals surface area contributed by atoms with Gasteiger partial charge in [-0.15, -0.1) is 0 Å². The van der Waals surface area contributed by atoms with E-state index >= 15 is 0 Å². The maximum Gasteiger partial charge on any atom is 0.199 e. The maximum absolute atomic E-state index is 9.22. The highest BCUT2D eigenvalue weighted by molar-refractivity contribution is 5.95. The highest BCUT2D eigenvalue weighted by Crippen LogP contribution is 2.38. The van der Waals surface area contributed by atoms with E-state index < -0.39 is 5.79 Å². The van der Waals surface area contributed by atoms with Gasteiger partial charge in [0.05, 0.1) is 13.2 Å². The molecule has 0 bridgehead atoms. The van der Waals surface area contributed by atoms with Crippen LogP contribution in [0.3, 0.4) is 0 Å². The van der Waals surface area contributed by atoms with Crippen LogP contribution in [0.5, 0.6) is 0 Å². The van der Waals surface area contributed by atoms with Crippen LogP contribution < -0.4 is 10.4 Å². The lowest BCUT2D eigenvalue weighted by molar-refractivity contribution is -0.194. The summed E-state index contributed by atoms with van der Waals surface area (Å²) in [6, 6.07) is 23.2. The molecular formula is C28H32O4. The summed E-state index contributed by atoms with van der Waals surface area (Å²) in [7, 11) is 0. The number of benzene rings is 3. The molecule has 0 aliphatic heterocycles. The van der Waals surface area contributed by atoms with Crippen LogP contribution >= 0.6 is 0 Å². The van der Waals surface area contributed by atoms with Gasteiger partial charge < -0.3 is 19.7 Å². The predicted molar refractivity (Wildman–Crippen MR) is 129 cm³/mol. The van der Waals surface area contributed by atoms with E-state index in [2.05, 4.69) is 72.8 Å². The van der Waals surface area contributed by atoms with Gasteiger partial charge in [0.2, 0.25) is 0 Å². The molecule has 4 heteroatoms. The van der Waals surface area contributed by atoms with Crippen LogP contribution in [-0.2, 0) is 9.47 Å². The molecule has 0 amide bonds. The molecule has 0 radical (unpaired) electrons. The Bertz CT molecular complexity index is 1130. The highest BCUT2D eigenvalue weighted by Gasteiger charge is 2.39. The van der Waals surface area contributed by atoms with Crippen LogP contribution in [0.2, 0.25) is 0 Å². The first-order valence-electron chi connectivity index (χ1n) is 11.6. The molecule has 3 aromatic carbocycles. The molecule has 0 fully saturated rings. The zero-order valence-corrected chi connectivity index (χ0v) is 18.5. The molecule has 4 rings (SSSR count). The summed E-state index contributed by atoms with van der Waals surface area (Å²) in [6.45, 7) is 1.32. The van der Waals surface area contributed by atoms with Crippen LogP contribution in [-0.4, -0.2) is 42.4 Å². The summed E-state index contributed by atoms with van der Waals surface area (Å²) in [5, 5.41) is 23.1. The summed E-state index contributed by atoms with van der Waals surface area (Å²) in [5.41, 5.74) is 2.17. The summed E-state index contributed by atoms with van der Waals surface area (Å²) in [6.07, 6.45) is 5.74. The topological polar surface area (TPSA) is 58.9 Å². The number of unbranched alkanes of at least 4 members (excludes halogenated alkanes) is 2. The lowest BCUT2D eigenvalue weighted by Crippen LogP contribution is -2.47. The second-order valence-electron chi connectivity index (χ2n) is 8.21. The second kappa shape index (κ2) is 10.9. The van der Waals surface area contributed by atoms with Crippen molar-refractivity contribution >= 4 is 22.4 Å². The van der Waals surface area contributed by atoms with Gasteiger partial charge in [-0.3, -0.25) is 0 Å². The Hall–Kier alpha value is -2.50. The van der Waals surface area contributed by atoms with E-state index in [0.29, 0.717) is 32.5 Å². The van der Waals surface area contributed by atoms with E-state index in [1.165, 1.54) is 16.0 Å². The molecule has 0 spiro atoms. The molecule has 32 heavy (non-hydrogen) atoms. The van der Waals surface area contributed by atoms with E-state index in [1.54, 1.807) is 0 Å². The minimum Gasteiger partial charge on any atom is -0.396 e. The fraction of sp³-hybridized carbons (Fsp3) is 0.357. The van der Waals surface area contributed by atoms with Crippen molar-refractivity contribution in [1.29, 1.82) is 0 Å². The quantitative estimate of drug-likeness (QED) is 0.360. The van der Waals surface area contributed by atoms with Crippen molar-refractivity contribution in [1.82, 2.24) is 0 Å². The molecule has 1 aliphatic carbocycles. The van der Waals surface area contributed by atoms with Crippen molar-refractivity contribution in [2.45, 2.75) is 37.9 Å². The number of rotatable bonds is 11. The molecule has 0 saturated carbocycles. The summed E-state index contributed by atoms with van der Waals surface area (Å²) in [4.78, 5) is 0. The number of hydrogen-bond donors (Lipinski definition) is 2. The standard InChI is InChI=1S/C28H32O4/c29-18-5-7-20-31-28(32-21-8-6-19-30)17-16-23-11-2-4-14-25(23)27(28)26-15-9-12-22-10-1-3-13-24(22)26/h1-4,9-16,29-30H,5-8,17-21H2. The zero-order valence-electron chi connectivity index (χ0n) is 18.5. The van der Waals surface area contributed by atoms with Gasteiger partial charge in [0.25, 0.3) is 0 Å². The molecule has 4 nitrogen and oxygen atoms in total. The van der Waals surface area contributed by atoms with Gasteiger partial charge in [-0.1, -0.05) is 72.8 Å². The van der Waals surface area contributed by atoms with Crippen molar-refractivity contribution in [2.24, 2.45) is 0 Å². The minimum atomic E-state index is -0.913. The molecule has 0 unspecified atom stereocenters. The predicted octanol–water partition coefficient (Wildman–Crippen LogP) is 3.50. The van der Waals surface area contributed by atoms with Gasteiger partial charge in [-0.05, 0) is 52.5 Å². The fourth-order valence-electron chi connectivity index (χ4n) is 4.45. The highest BCUT2D eigenvalue weighted by atomic mass is 16.7. The van der Waals surface area contributed by atoms with Gasteiger partial charge in [-0.25, -0.2) is 0 Å². The largest absolute Gasteiger partial charge is 0.396 e. The van der Waals surface area contributed by atoms with E-state index in [1.807, 2.05) is 0 Å². The third-order valence-electron chi connectivity index (χ3n) is 6.04. The van der Waals surface area contributed by atoms with Crippen LogP contribution in [0.25, 0.3) is 22.4 Å². The Kier molecular flexibility index (Phi) is 7.72. The van der Waals surface area contributed by atoms with Gasteiger partial charge in [-0.2, -0.15) is 0 Å². The SMILES string of the molecule is OCCCCOC1(OCCCCO)CC=c2ccccc2=C1c1cccc2ccccc12. The molecule has 2 N–H and O–H groups in total. The van der Waals surface area contributed by atoms with Crippen molar-refractivity contribution in [3.8, 4) is 0 Å². The van der Waals surface area contributed by atoms with Crippen molar-refractivity contribution in [2.75, 3.05) is 26.4 Å². The second-order valence-corrected chi connectivity index (χ2v) is 8.21. The van der Waals surface area contributed by atoms with Gasteiger partial charge in [0.1, 0.15) is 0 Å². The van der Waals surface area contributed by atoms with Crippen LogP contribution in [0.1, 0.15) is 37.7 Å². The Morgan fingerprint density at radius 2 is 1.38 bits per heavy atom. The van der Waals surface area contributed by atoms with Gasteiger partial charge >= 0.3 is 0 Å². The molecular weight excluding hydrogens is 400 g/mol.